The van der Waals surface area contributed by atoms with Gasteiger partial charge < -0.3 is 9.64 Å². The van der Waals surface area contributed by atoms with Gasteiger partial charge in [-0.1, -0.05) is 6.42 Å². The number of nitrogens with zero attached hydrogens (tertiary/aromatic N) is 3. The van der Waals surface area contributed by atoms with Gasteiger partial charge in [0.2, 0.25) is 5.91 Å². The Balaban J connectivity index is 1.46. The quantitative estimate of drug-likeness (QED) is 0.832. The third-order valence-electron chi connectivity index (χ3n) is 5.96. The second kappa shape index (κ2) is 6.71. The minimum absolute atomic E-state index is 0.175. The van der Waals surface area contributed by atoms with Crippen LogP contribution in [0.1, 0.15) is 37.8 Å². The molecule has 5 nitrogen and oxygen atoms in total. The summed E-state index contributed by atoms with van der Waals surface area (Å²) in [4.78, 5) is 22.0. The topological polar surface area (TPSA) is 45.7 Å². The van der Waals surface area contributed by atoms with Crippen LogP contribution in [0.15, 0.2) is 18.3 Å². The van der Waals surface area contributed by atoms with Gasteiger partial charge in [-0.25, -0.2) is 0 Å². The highest BCUT2D eigenvalue weighted by atomic mass is 16.5. The molecule has 1 amide bonds. The number of aromatic nitrogens is 1. The Kier molecular flexibility index (Phi) is 4.44. The lowest BCUT2D eigenvalue weighted by Crippen LogP contribution is -2.50. The molecule has 1 aliphatic carbocycles. The number of carbonyl (C=O) groups is 1. The van der Waals surface area contributed by atoms with Gasteiger partial charge in [0, 0.05) is 44.5 Å². The van der Waals surface area contributed by atoms with E-state index in [0.717, 1.165) is 56.4 Å². The van der Waals surface area contributed by atoms with Crippen molar-refractivity contribution in [3.63, 3.8) is 0 Å². The summed E-state index contributed by atoms with van der Waals surface area (Å²) in [6, 6.07) is 4.27. The van der Waals surface area contributed by atoms with Crippen molar-refractivity contribution < 1.29 is 9.53 Å². The molecule has 0 N–H and O–H groups in total. The molecule has 3 aliphatic heterocycles. The first-order valence-electron chi connectivity index (χ1n) is 9.24. The van der Waals surface area contributed by atoms with E-state index in [1.54, 1.807) is 13.3 Å². The number of ether oxygens (including phenoxy) is 1. The maximum atomic E-state index is 12.8. The molecule has 1 aromatic heterocycles. The van der Waals surface area contributed by atoms with Crippen LogP contribution in [0, 0.1) is 11.8 Å². The number of methoxy groups -OCH3 is 1. The fourth-order valence-corrected chi connectivity index (χ4v) is 4.35. The highest BCUT2D eigenvalue weighted by Gasteiger charge is 2.41. The maximum Gasteiger partial charge on any atom is 0.227 e. The number of hydrogen-bond donors (Lipinski definition) is 0. The van der Waals surface area contributed by atoms with Gasteiger partial charge in [0.25, 0.3) is 0 Å². The molecule has 24 heavy (non-hydrogen) atoms. The lowest BCUT2D eigenvalue weighted by Gasteiger charge is -2.40. The van der Waals surface area contributed by atoms with E-state index >= 15 is 0 Å². The zero-order valence-electron chi connectivity index (χ0n) is 14.5. The van der Waals surface area contributed by atoms with Crippen molar-refractivity contribution in [2.45, 2.75) is 44.7 Å². The molecule has 4 fully saturated rings. The van der Waals surface area contributed by atoms with Crippen LogP contribution in [0.2, 0.25) is 0 Å². The van der Waals surface area contributed by atoms with E-state index in [9.17, 15) is 4.79 Å². The summed E-state index contributed by atoms with van der Waals surface area (Å²) in [7, 11) is 1.68. The zero-order chi connectivity index (χ0) is 16.5. The number of piperidine rings is 1. The summed E-state index contributed by atoms with van der Waals surface area (Å²) in [6.45, 7) is 3.64. The molecule has 5 rings (SSSR count). The van der Waals surface area contributed by atoms with Crippen molar-refractivity contribution in [3.8, 4) is 5.75 Å². The molecule has 0 radical (unpaired) electrons. The summed E-state index contributed by atoms with van der Waals surface area (Å²) in [5.41, 5.74) is 1.02. The number of carbonyl (C=O) groups excluding carboxylic acids is 1. The van der Waals surface area contributed by atoms with Crippen LogP contribution in [0.5, 0.6) is 5.75 Å². The minimum Gasteiger partial charge on any atom is -0.497 e. The molecule has 4 heterocycles. The summed E-state index contributed by atoms with van der Waals surface area (Å²) in [5, 5.41) is 0. The molecule has 1 saturated carbocycles. The highest BCUT2D eigenvalue weighted by Crippen LogP contribution is 2.34. The van der Waals surface area contributed by atoms with Gasteiger partial charge in [0.15, 0.2) is 0 Å². The predicted octanol–water partition coefficient (Wildman–Crippen LogP) is 2.31. The summed E-state index contributed by atoms with van der Waals surface area (Å²) in [5.74, 6) is 2.18. The van der Waals surface area contributed by atoms with Gasteiger partial charge in [-0.05, 0) is 37.7 Å². The third-order valence-corrected chi connectivity index (χ3v) is 5.96. The molecular weight excluding hydrogens is 302 g/mol. The summed E-state index contributed by atoms with van der Waals surface area (Å²) < 4.78 is 5.30. The van der Waals surface area contributed by atoms with E-state index in [2.05, 4.69) is 14.8 Å². The summed E-state index contributed by atoms with van der Waals surface area (Å²) >= 11 is 0. The Labute approximate surface area is 144 Å². The van der Waals surface area contributed by atoms with Crippen molar-refractivity contribution >= 4 is 5.91 Å². The van der Waals surface area contributed by atoms with Gasteiger partial charge in [0.05, 0.1) is 18.7 Å². The molecule has 0 aromatic carbocycles. The molecule has 0 spiro atoms. The third kappa shape index (κ3) is 3.14. The Morgan fingerprint density at radius 3 is 2.88 bits per heavy atom. The summed E-state index contributed by atoms with van der Waals surface area (Å²) in [6.07, 6.45) is 7.96. The lowest BCUT2D eigenvalue weighted by atomic mass is 9.83. The molecule has 1 aromatic rings. The first-order chi connectivity index (χ1) is 11.7. The Hall–Kier alpha value is -1.62. The second-order valence-corrected chi connectivity index (χ2v) is 7.60. The number of amides is 1. The number of hydrogen-bond acceptors (Lipinski definition) is 4. The van der Waals surface area contributed by atoms with Crippen molar-refractivity contribution in [1.82, 2.24) is 14.8 Å². The molecule has 130 valence electrons. The largest absolute Gasteiger partial charge is 0.497 e. The fourth-order valence-electron chi connectivity index (χ4n) is 4.35. The van der Waals surface area contributed by atoms with Crippen molar-refractivity contribution in [3.05, 3.63) is 24.0 Å². The molecule has 4 aliphatic rings. The molecule has 2 atom stereocenters. The Morgan fingerprint density at radius 1 is 1.25 bits per heavy atom. The van der Waals surface area contributed by atoms with Crippen molar-refractivity contribution in [2.24, 2.45) is 11.8 Å². The average Bonchev–Trinajstić information content (AvgIpc) is 2.82. The van der Waals surface area contributed by atoms with Crippen LogP contribution < -0.4 is 4.74 Å². The van der Waals surface area contributed by atoms with Crippen LogP contribution in [0.25, 0.3) is 0 Å². The molecule has 0 unspecified atom stereocenters. The van der Waals surface area contributed by atoms with Crippen LogP contribution >= 0.6 is 0 Å². The maximum absolute atomic E-state index is 12.8. The van der Waals surface area contributed by atoms with Crippen LogP contribution in [-0.4, -0.2) is 53.5 Å². The van der Waals surface area contributed by atoms with Gasteiger partial charge in [-0.3, -0.25) is 14.7 Å². The van der Waals surface area contributed by atoms with Gasteiger partial charge >= 0.3 is 0 Å². The normalized spacial score (nSPS) is 27.9. The van der Waals surface area contributed by atoms with Crippen LogP contribution in [0.4, 0.5) is 0 Å². The standard InChI is InChI=1S/C19H27N3O2/c1-24-18-7-8-20-16(9-18)12-21-11-15-5-6-17(13-21)22(19(15)23)10-14-3-2-4-14/h7-9,14-15,17H,2-6,10-13H2,1H3/t15-,17+/m0/s1. The second-order valence-electron chi connectivity index (χ2n) is 7.60. The zero-order valence-corrected chi connectivity index (χ0v) is 14.5. The van der Waals surface area contributed by atoms with Crippen molar-refractivity contribution in [2.75, 3.05) is 26.7 Å². The highest BCUT2D eigenvalue weighted by molar-refractivity contribution is 5.80. The molecule has 5 heteroatoms. The van der Waals surface area contributed by atoms with E-state index < -0.39 is 0 Å². The predicted molar refractivity (Wildman–Crippen MR) is 91.6 cm³/mol. The van der Waals surface area contributed by atoms with E-state index in [0.29, 0.717) is 11.9 Å². The SMILES string of the molecule is COc1ccnc(CN2C[C@@H]3CC[C@H](C2)N(CC2CCC2)C3=O)c1. The smallest absolute Gasteiger partial charge is 0.227 e. The Bertz CT molecular complexity index is 602. The number of pyridine rings is 1. The number of rotatable bonds is 5. The molecule has 2 bridgehead atoms. The van der Waals surface area contributed by atoms with Crippen LogP contribution in [-0.2, 0) is 11.3 Å². The van der Waals surface area contributed by atoms with E-state index in [-0.39, 0.29) is 5.92 Å². The number of fused-ring (bicyclic) bond motifs is 4. The van der Waals surface area contributed by atoms with Gasteiger partial charge in [-0.2, -0.15) is 0 Å². The average molecular weight is 329 g/mol. The van der Waals surface area contributed by atoms with E-state index in [1.807, 2.05) is 12.1 Å². The first-order valence-corrected chi connectivity index (χ1v) is 9.24. The van der Waals surface area contributed by atoms with Gasteiger partial charge in [-0.15, -0.1) is 0 Å². The van der Waals surface area contributed by atoms with Gasteiger partial charge in [0.1, 0.15) is 5.75 Å². The monoisotopic (exact) mass is 329 g/mol. The molecular formula is C19H27N3O2. The minimum atomic E-state index is 0.175. The fraction of sp³-hybridized carbons (Fsp3) is 0.684. The molecule has 3 saturated heterocycles. The van der Waals surface area contributed by atoms with Crippen LogP contribution in [0.3, 0.4) is 0 Å². The Morgan fingerprint density at radius 2 is 2.12 bits per heavy atom. The van der Waals surface area contributed by atoms with E-state index in [1.165, 1.54) is 19.3 Å². The van der Waals surface area contributed by atoms with Crippen molar-refractivity contribution in [1.29, 1.82) is 0 Å². The first kappa shape index (κ1) is 15.9. The lowest BCUT2D eigenvalue weighted by molar-refractivity contribution is -0.141. The van der Waals surface area contributed by atoms with E-state index in [4.69, 9.17) is 4.74 Å².